The molecule has 0 aliphatic carbocycles. The van der Waals surface area contributed by atoms with Gasteiger partial charge in [0.05, 0.1) is 12.8 Å². The minimum Gasteiger partial charge on any atom is -0.477 e. The van der Waals surface area contributed by atoms with Crippen LogP contribution in [0, 0.1) is 0 Å². The summed E-state index contributed by atoms with van der Waals surface area (Å²) in [5.41, 5.74) is 0.686. The van der Waals surface area contributed by atoms with E-state index in [2.05, 4.69) is 32.4 Å². The van der Waals surface area contributed by atoms with Crippen LogP contribution in [0.3, 0.4) is 0 Å². The van der Waals surface area contributed by atoms with Crippen LogP contribution in [0.1, 0.15) is 19.8 Å². The summed E-state index contributed by atoms with van der Waals surface area (Å²) >= 11 is 0. The van der Waals surface area contributed by atoms with Crippen molar-refractivity contribution in [2.75, 3.05) is 19.0 Å². The molecule has 0 radical (unpaired) electrons. The molecule has 2 heterocycles. The number of hydrogen-bond donors (Lipinski definition) is 2. The Bertz CT molecular complexity index is 467. The molecular weight excluding hydrogens is 206 g/mol. The van der Waals surface area contributed by atoms with E-state index in [4.69, 9.17) is 4.74 Å². The van der Waals surface area contributed by atoms with Crippen LogP contribution in [0.15, 0.2) is 6.20 Å². The molecule has 0 amide bonds. The monoisotopic (exact) mass is 221 g/mol. The first-order valence-corrected chi connectivity index (χ1v) is 5.36. The van der Waals surface area contributed by atoms with E-state index in [9.17, 15) is 0 Å². The summed E-state index contributed by atoms with van der Waals surface area (Å²) in [5, 5.41) is 10.4. The molecule has 0 fully saturated rings. The zero-order valence-corrected chi connectivity index (χ0v) is 9.45. The Kier molecular flexibility index (Phi) is 3.19. The number of anilines is 1. The highest BCUT2D eigenvalue weighted by Crippen LogP contribution is 2.21. The fourth-order valence-corrected chi connectivity index (χ4v) is 1.34. The van der Waals surface area contributed by atoms with E-state index in [1.54, 1.807) is 13.2 Å². The molecule has 0 atom stereocenters. The molecule has 0 spiro atoms. The van der Waals surface area contributed by atoms with Crippen LogP contribution >= 0.6 is 0 Å². The molecule has 2 rings (SSSR count). The molecule has 0 aliphatic rings. The van der Waals surface area contributed by atoms with Gasteiger partial charge in [-0.3, -0.25) is 5.10 Å². The molecular formula is C10H15N5O. The fraction of sp³-hybridized carbons (Fsp3) is 0.500. The summed E-state index contributed by atoms with van der Waals surface area (Å²) in [7, 11) is 1.77. The van der Waals surface area contributed by atoms with Crippen molar-refractivity contribution in [3.05, 3.63) is 6.20 Å². The standard InChI is InChI=1S/C10H15N5O/c1-3-4-5-16-9-7-6-12-15-8(7)13-10(11-2)14-9/h6H,3-5H2,1-2H3,(H2,11,12,13,14,15). The third-order valence-electron chi connectivity index (χ3n) is 2.24. The normalized spacial score (nSPS) is 10.6. The van der Waals surface area contributed by atoms with Crippen molar-refractivity contribution in [1.29, 1.82) is 0 Å². The van der Waals surface area contributed by atoms with Gasteiger partial charge in [-0.05, 0) is 6.42 Å². The highest BCUT2D eigenvalue weighted by atomic mass is 16.5. The Morgan fingerprint density at radius 3 is 3.06 bits per heavy atom. The number of aromatic nitrogens is 4. The summed E-state index contributed by atoms with van der Waals surface area (Å²) in [4.78, 5) is 8.48. The van der Waals surface area contributed by atoms with Gasteiger partial charge in [0.25, 0.3) is 0 Å². The number of ether oxygens (including phenoxy) is 1. The Morgan fingerprint density at radius 2 is 2.31 bits per heavy atom. The average Bonchev–Trinajstić information content (AvgIpc) is 2.77. The van der Waals surface area contributed by atoms with Crippen molar-refractivity contribution >= 4 is 17.0 Å². The predicted molar refractivity (Wildman–Crippen MR) is 61.6 cm³/mol. The molecule has 6 nitrogen and oxygen atoms in total. The molecule has 0 unspecified atom stereocenters. The van der Waals surface area contributed by atoms with Gasteiger partial charge < -0.3 is 10.1 Å². The molecule has 2 aromatic heterocycles. The smallest absolute Gasteiger partial charge is 0.229 e. The maximum absolute atomic E-state index is 5.61. The summed E-state index contributed by atoms with van der Waals surface area (Å²) in [6.45, 7) is 2.78. The van der Waals surface area contributed by atoms with E-state index < -0.39 is 0 Å². The molecule has 0 aliphatic heterocycles. The Labute approximate surface area is 93.4 Å². The number of unbranched alkanes of at least 4 members (excludes halogenated alkanes) is 1. The zero-order valence-electron chi connectivity index (χ0n) is 9.45. The van der Waals surface area contributed by atoms with Crippen molar-refractivity contribution in [2.45, 2.75) is 19.8 Å². The SMILES string of the molecule is CCCCOc1nc(NC)nc2[nH]ncc12. The molecule has 0 saturated heterocycles. The Hall–Kier alpha value is -1.85. The molecule has 6 heteroatoms. The minimum absolute atomic E-state index is 0.531. The predicted octanol–water partition coefficient (Wildman–Crippen LogP) is 1.57. The first-order chi connectivity index (χ1) is 7.85. The highest BCUT2D eigenvalue weighted by molar-refractivity contribution is 5.80. The Morgan fingerprint density at radius 1 is 1.44 bits per heavy atom. The minimum atomic E-state index is 0.531. The van der Waals surface area contributed by atoms with Gasteiger partial charge in [0.1, 0.15) is 5.39 Å². The van der Waals surface area contributed by atoms with Crippen molar-refractivity contribution in [2.24, 2.45) is 0 Å². The second kappa shape index (κ2) is 4.78. The largest absolute Gasteiger partial charge is 0.477 e. The van der Waals surface area contributed by atoms with E-state index in [1.165, 1.54) is 0 Å². The van der Waals surface area contributed by atoms with Gasteiger partial charge in [0.2, 0.25) is 11.8 Å². The number of nitrogens with zero attached hydrogens (tertiary/aromatic N) is 3. The molecule has 0 bridgehead atoms. The average molecular weight is 221 g/mol. The second-order valence-electron chi connectivity index (χ2n) is 3.44. The molecule has 0 aromatic carbocycles. The maximum Gasteiger partial charge on any atom is 0.229 e. The number of hydrogen-bond acceptors (Lipinski definition) is 5. The molecule has 2 N–H and O–H groups in total. The van der Waals surface area contributed by atoms with Crippen LogP contribution in [0.2, 0.25) is 0 Å². The van der Waals surface area contributed by atoms with E-state index in [-0.39, 0.29) is 0 Å². The third-order valence-corrected chi connectivity index (χ3v) is 2.24. The number of aromatic amines is 1. The number of rotatable bonds is 5. The van der Waals surface area contributed by atoms with E-state index >= 15 is 0 Å². The quantitative estimate of drug-likeness (QED) is 0.749. The lowest BCUT2D eigenvalue weighted by molar-refractivity contribution is 0.302. The van der Waals surface area contributed by atoms with Gasteiger partial charge in [-0.2, -0.15) is 15.1 Å². The molecule has 2 aromatic rings. The van der Waals surface area contributed by atoms with E-state index in [0.717, 1.165) is 18.2 Å². The van der Waals surface area contributed by atoms with Crippen LogP contribution in [-0.2, 0) is 0 Å². The summed E-state index contributed by atoms with van der Waals surface area (Å²) in [6.07, 6.45) is 3.78. The number of fused-ring (bicyclic) bond motifs is 1. The molecule has 0 saturated carbocycles. The number of H-pyrrole nitrogens is 1. The van der Waals surface area contributed by atoms with E-state index in [1.807, 2.05) is 0 Å². The summed E-state index contributed by atoms with van der Waals surface area (Å²) in [6, 6.07) is 0. The number of nitrogens with one attached hydrogen (secondary N) is 2. The van der Waals surface area contributed by atoms with Crippen molar-refractivity contribution in [1.82, 2.24) is 20.2 Å². The van der Waals surface area contributed by atoms with Gasteiger partial charge in [-0.15, -0.1) is 0 Å². The van der Waals surface area contributed by atoms with Gasteiger partial charge in [0, 0.05) is 7.05 Å². The van der Waals surface area contributed by atoms with Crippen LogP contribution in [0.4, 0.5) is 5.95 Å². The van der Waals surface area contributed by atoms with Gasteiger partial charge >= 0.3 is 0 Å². The van der Waals surface area contributed by atoms with E-state index in [0.29, 0.717) is 24.1 Å². The van der Waals surface area contributed by atoms with Crippen molar-refractivity contribution in [3.8, 4) is 5.88 Å². The van der Waals surface area contributed by atoms with Crippen LogP contribution in [0.25, 0.3) is 11.0 Å². The van der Waals surface area contributed by atoms with Crippen LogP contribution in [-0.4, -0.2) is 33.8 Å². The van der Waals surface area contributed by atoms with Gasteiger partial charge in [0.15, 0.2) is 5.65 Å². The Balaban J connectivity index is 2.29. The third kappa shape index (κ3) is 2.05. The fourth-order valence-electron chi connectivity index (χ4n) is 1.34. The van der Waals surface area contributed by atoms with Crippen molar-refractivity contribution in [3.63, 3.8) is 0 Å². The first kappa shape index (κ1) is 10.7. The van der Waals surface area contributed by atoms with Crippen LogP contribution in [0.5, 0.6) is 5.88 Å². The maximum atomic E-state index is 5.61. The lowest BCUT2D eigenvalue weighted by atomic mass is 10.3. The molecule has 16 heavy (non-hydrogen) atoms. The summed E-state index contributed by atoms with van der Waals surface area (Å²) < 4.78 is 5.61. The van der Waals surface area contributed by atoms with Crippen LogP contribution < -0.4 is 10.1 Å². The second-order valence-corrected chi connectivity index (χ2v) is 3.44. The molecule has 86 valence electrons. The van der Waals surface area contributed by atoms with Crippen molar-refractivity contribution < 1.29 is 4.74 Å². The first-order valence-electron chi connectivity index (χ1n) is 5.36. The topological polar surface area (TPSA) is 75.7 Å². The lowest BCUT2D eigenvalue weighted by Gasteiger charge is -2.06. The lowest BCUT2D eigenvalue weighted by Crippen LogP contribution is -2.03. The summed E-state index contributed by atoms with van der Waals surface area (Å²) in [5.74, 6) is 1.11. The van der Waals surface area contributed by atoms with Gasteiger partial charge in [-0.25, -0.2) is 0 Å². The van der Waals surface area contributed by atoms with Gasteiger partial charge in [-0.1, -0.05) is 13.3 Å². The zero-order chi connectivity index (χ0) is 11.4. The highest BCUT2D eigenvalue weighted by Gasteiger charge is 2.09.